The number of sulfonamides is 1. The largest absolute Gasteiger partial charge is 0.415 e. The van der Waals surface area contributed by atoms with Crippen LogP contribution in [0, 0.1) is 0 Å². The molecule has 10 heteroatoms. The zero-order chi connectivity index (χ0) is 16.5. The molecule has 0 bridgehead atoms. The Hall–Kier alpha value is -1.81. The lowest BCUT2D eigenvalue weighted by Crippen LogP contribution is -2.59. The van der Waals surface area contributed by atoms with Crippen LogP contribution < -0.4 is 15.8 Å². The quantitative estimate of drug-likeness (QED) is 0.776. The molecule has 0 fully saturated rings. The summed E-state index contributed by atoms with van der Waals surface area (Å²) >= 11 is 0. The van der Waals surface area contributed by atoms with Gasteiger partial charge in [0.15, 0.2) is 5.54 Å². The van der Waals surface area contributed by atoms with E-state index in [9.17, 15) is 26.4 Å². The number of carbonyl (C=O) groups is 1. The fraction of sp³-hybridized carbons (Fsp3) is 0.364. The van der Waals surface area contributed by atoms with E-state index in [1.807, 2.05) is 5.32 Å². The summed E-state index contributed by atoms with van der Waals surface area (Å²) in [5.41, 5.74) is 1.99. The normalized spacial score (nSPS) is 15.1. The number of hydrogen-bond acceptors (Lipinski definition) is 4. The molecule has 1 atom stereocenters. The van der Waals surface area contributed by atoms with Gasteiger partial charge in [0.05, 0.1) is 11.9 Å². The number of rotatable bonds is 4. The number of halogens is 3. The number of alkyl halides is 3. The van der Waals surface area contributed by atoms with Crippen molar-refractivity contribution in [3.05, 3.63) is 24.3 Å². The fourth-order valence-electron chi connectivity index (χ4n) is 1.26. The standard InChI is InChI=1S/C11H14F3N3O3S/c1-10(15,11(12,13)14)9(18)16-7-4-3-5-8(6-7)17-21(2,19)20/h3-6,17H,15H2,1-2H3,(H,16,18). The third kappa shape index (κ3) is 4.60. The van der Waals surface area contributed by atoms with Gasteiger partial charge in [-0.1, -0.05) is 6.07 Å². The molecule has 0 spiro atoms. The molecule has 1 aromatic carbocycles. The second kappa shape index (κ2) is 5.53. The van der Waals surface area contributed by atoms with Crippen LogP contribution in [0.2, 0.25) is 0 Å². The van der Waals surface area contributed by atoms with E-state index in [-0.39, 0.29) is 11.4 Å². The number of carbonyl (C=O) groups excluding carboxylic acids is 1. The molecule has 1 rings (SSSR count). The summed E-state index contributed by atoms with van der Waals surface area (Å²) in [4.78, 5) is 11.6. The van der Waals surface area contributed by atoms with Crippen molar-refractivity contribution < 1.29 is 26.4 Å². The number of benzene rings is 1. The van der Waals surface area contributed by atoms with Gasteiger partial charge in [-0.05, 0) is 25.1 Å². The number of nitrogens with one attached hydrogen (secondary N) is 2. The lowest BCUT2D eigenvalue weighted by atomic mass is 10.0. The summed E-state index contributed by atoms with van der Waals surface area (Å²) in [6, 6.07) is 5.22. The molecule has 1 amide bonds. The van der Waals surface area contributed by atoms with Crippen LogP contribution >= 0.6 is 0 Å². The molecule has 0 aliphatic carbocycles. The Kier molecular flexibility index (Phi) is 4.54. The number of nitrogens with two attached hydrogens (primary N) is 1. The van der Waals surface area contributed by atoms with Gasteiger partial charge in [0.2, 0.25) is 10.0 Å². The summed E-state index contributed by atoms with van der Waals surface area (Å²) in [7, 11) is -3.54. The van der Waals surface area contributed by atoms with Gasteiger partial charge >= 0.3 is 6.18 Å². The van der Waals surface area contributed by atoms with E-state index in [0.717, 1.165) is 6.26 Å². The van der Waals surface area contributed by atoms with Gasteiger partial charge in [-0.25, -0.2) is 8.42 Å². The molecule has 21 heavy (non-hydrogen) atoms. The van der Waals surface area contributed by atoms with E-state index in [1.165, 1.54) is 24.3 Å². The van der Waals surface area contributed by atoms with Crippen LogP contribution in [0.1, 0.15) is 6.92 Å². The lowest BCUT2D eigenvalue weighted by molar-refractivity contribution is -0.184. The second-order valence-corrected chi connectivity index (χ2v) is 6.36. The average molecular weight is 325 g/mol. The third-order valence-electron chi connectivity index (χ3n) is 2.48. The predicted molar refractivity (Wildman–Crippen MR) is 72.2 cm³/mol. The Bertz CT molecular complexity index is 642. The Morgan fingerprint density at radius 2 is 1.76 bits per heavy atom. The summed E-state index contributed by atoms with van der Waals surface area (Å²) in [6.45, 7) is 0.543. The first-order valence-electron chi connectivity index (χ1n) is 5.58. The van der Waals surface area contributed by atoms with Crippen molar-refractivity contribution in [2.24, 2.45) is 5.73 Å². The number of anilines is 2. The molecular weight excluding hydrogens is 311 g/mol. The van der Waals surface area contributed by atoms with Crippen LogP contribution in [0.4, 0.5) is 24.5 Å². The molecule has 0 heterocycles. The van der Waals surface area contributed by atoms with Gasteiger partial charge in [-0.15, -0.1) is 0 Å². The molecule has 0 saturated carbocycles. The van der Waals surface area contributed by atoms with Crippen molar-refractivity contribution in [2.45, 2.75) is 18.6 Å². The molecule has 0 aromatic heterocycles. The molecule has 0 aliphatic rings. The molecule has 4 N–H and O–H groups in total. The van der Waals surface area contributed by atoms with E-state index < -0.39 is 27.6 Å². The predicted octanol–water partition coefficient (Wildman–Crippen LogP) is 1.28. The van der Waals surface area contributed by atoms with E-state index >= 15 is 0 Å². The Balaban J connectivity index is 2.95. The Labute approximate surface area is 119 Å². The van der Waals surface area contributed by atoms with Crippen molar-refractivity contribution >= 4 is 27.3 Å². The highest BCUT2D eigenvalue weighted by atomic mass is 32.2. The van der Waals surface area contributed by atoms with Crippen LogP contribution in [0.25, 0.3) is 0 Å². The van der Waals surface area contributed by atoms with Crippen LogP contribution in [-0.2, 0) is 14.8 Å². The first-order valence-corrected chi connectivity index (χ1v) is 7.47. The molecule has 0 aliphatic heterocycles. The van der Waals surface area contributed by atoms with Crippen LogP contribution in [-0.4, -0.2) is 32.3 Å². The number of hydrogen-bond donors (Lipinski definition) is 3. The van der Waals surface area contributed by atoms with E-state index in [4.69, 9.17) is 5.73 Å². The van der Waals surface area contributed by atoms with E-state index in [1.54, 1.807) is 0 Å². The average Bonchev–Trinajstić information content (AvgIpc) is 2.25. The first-order chi connectivity index (χ1) is 9.33. The molecule has 1 aromatic rings. The minimum absolute atomic E-state index is 0.0189. The lowest BCUT2D eigenvalue weighted by Gasteiger charge is -2.26. The molecule has 0 radical (unpaired) electrons. The minimum Gasteiger partial charge on any atom is -0.324 e. The summed E-state index contributed by atoms with van der Waals surface area (Å²) in [5.74, 6) is -1.45. The van der Waals surface area contributed by atoms with Gasteiger partial charge in [0, 0.05) is 5.69 Å². The van der Waals surface area contributed by atoms with Crippen molar-refractivity contribution in [2.75, 3.05) is 16.3 Å². The van der Waals surface area contributed by atoms with Gasteiger partial charge in [0.1, 0.15) is 0 Å². The third-order valence-corrected chi connectivity index (χ3v) is 3.09. The van der Waals surface area contributed by atoms with Crippen LogP contribution in [0.3, 0.4) is 0 Å². The second-order valence-electron chi connectivity index (χ2n) is 4.61. The minimum atomic E-state index is -4.92. The van der Waals surface area contributed by atoms with Gasteiger partial charge < -0.3 is 11.1 Å². The molecular formula is C11H14F3N3O3S. The zero-order valence-corrected chi connectivity index (χ0v) is 12.0. The zero-order valence-electron chi connectivity index (χ0n) is 11.2. The highest BCUT2D eigenvalue weighted by Crippen LogP contribution is 2.29. The van der Waals surface area contributed by atoms with Crippen molar-refractivity contribution in [3.8, 4) is 0 Å². The van der Waals surface area contributed by atoms with Gasteiger partial charge in [-0.2, -0.15) is 13.2 Å². The number of amides is 1. The van der Waals surface area contributed by atoms with E-state index in [2.05, 4.69) is 4.72 Å². The maximum Gasteiger partial charge on any atom is 0.415 e. The monoisotopic (exact) mass is 325 g/mol. The van der Waals surface area contributed by atoms with Crippen molar-refractivity contribution in [1.82, 2.24) is 0 Å². The van der Waals surface area contributed by atoms with Gasteiger partial charge in [-0.3, -0.25) is 9.52 Å². The van der Waals surface area contributed by atoms with Crippen LogP contribution in [0.15, 0.2) is 24.3 Å². The van der Waals surface area contributed by atoms with Crippen molar-refractivity contribution in [3.63, 3.8) is 0 Å². The highest BCUT2D eigenvalue weighted by molar-refractivity contribution is 7.92. The molecule has 118 valence electrons. The summed E-state index contributed by atoms with van der Waals surface area (Å²) in [5, 5.41) is 2.00. The summed E-state index contributed by atoms with van der Waals surface area (Å²) < 4.78 is 62.1. The molecule has 6 nitrogen and oxygen atoms in total. The maximum atomic E-state index is 12.6. The summed E-state index contributed by atoms with van der Waals surface area (Å²) in [6.07, 6.45) is -4.00. The molecule has 0 saturated heterocycles. The van der Waals surface area contributed by atoms with Crippen LogP contribution in [0.5, 0.6) is 0 Å². The van der Waals surface area contributed by atoms with Crippen molar-refractivity contribution in [1.29, 1.82) is 0 Å². The Morgan fingerprint density at radius 3 is 2.24 bits per heavy atom. The molecule has 1 unspecified atom stereocenters. The SMILES string of the molecule is CC(N)(C(=O)Nc1cccc(NS(C)(=O)=O)c1)C(F)(F)F. The highest BCUT2D eigenvalue weighted by Gasteiger charge is 2.53. The smallest absolute Gasteiger partial charge is 0.324 e. The maximum absolute atomic E-state index is 12.6. The first kappa shape index (κ1) is 17.2. The topological polar surface area (TPSA) is 101 Å². The fourth-order valence-corrected chi connectivity index (χ4v) is 1.82. The van der Waals surface area contributed by atoms with E-state index in [0.29, 0.717) is 6.92 Å². The van der Waals surface area contributed by atoms with Gasteiger partial charge in [0.25, 0.3) is 5.91 Å². The Morgan fingerprint density at radius 1 is 1.24 bits per heavy atom.